The van der Waals surface area contributed by atoms with E-state index in [4.69, 9.17) is 5.73 Å². The molecule has 0 radical (unpaired) electrons. The number of anilines is 2. The van der Waals surface area contributed by atoms with Gasteiger partial charge in [-0.1, -0.05) is 18.2 Å². The Hall–Kier alpha value is -3.63. The molecule has 2 aromatic rings. The normalized spacial score (nSPS) is 15.6. The molecule has 158 valence electrons. The van der Waals surface area contributed by atoms with Gasteiger partial charge in [-0.3, -0.25) is 19.7 Å². The summed E-state index contributed by atoms with van der Waals surface area (Å²) in [7, 11) is 0. The van der Waals surface area contributed by atoms with Crippen molar-refractivity contribution in [3.8, 4) is 0 Å². The number of primary amides is 1. The Bertz CT molecular complexity index is 1010. The van der Waals surface area contributed by atoms with Gasteiger partial charge >= 0.3 is 12.1 Å². The van der Waals surface area contributed by atoms with Gasteiger partial charge in [0.25, 0.3) is 5.69 Å². The van der Waals surface area contributed by atoms with Crippen LogP contribution in [0.2, 0.25) is 0 Å². The second kappa shape index (κ2) is 8.01. The molecule has 2 amide bonds. The highest BCUT2D eigenvalue weighted by atomic mass is 19.4. The lowest BCUT2D eigenvalue weighted by Crippen LogP contribution is -2.37. The lowest BCUT2D eigenvalue weighted by atomic mass is 9.98. The first-order valence-electron chi connectivity index (χ1n) is 8.89. The molecule has 30 heavy (non-hydrogen) atoms. The summed E-state index contributed by atoms with van der Waals surface area (Å²) < 4.78 is 37.1. The Morgan fingerprint density at radius 2 is 1.90 bits per heavy atom. The van der Waals surface area contributed by atoms with Crippen molar-refractivity contribution in [2.45, 2.75) is 18.5 Å². The van der Waals surface area contributed by atoms with Crippen LogP contribution in [-0.4, -0.2) is 36.0 Å². The highest BCUT2D eigenvalue weighted by Crippen LogP contribution is 2.45. The minimum Gasteiger partial charge on any atom is -0.366 e. The van der Waals surface area contributed by atoms with Crippen LogP contribution in [0.1, 0.15) is 28.3 Å². The lowest BCUT2D eigenvalue weighted by molar-refractivity contribution is -0.384. The third-order valence-corrected chi connectivity index (χ3v) is 4.85. The van der Waals surface area contributed by atoms with Crippen LogP contribution in [0.15, 0.2) is 42.5 Å². The van der Waals surface area contributed by atoms with Crippen LogP contribution in [0, 0.1) is 10.1 Å². The first kappa shape index (κ1) is 21.1. The Morgan fingerprint density at radius 1 is 1.20 bits per heavy atom. The molecule has 8 nitrogen and oxygen atoms in total. The standard InChI is InChI=1S/C19H17F3N4O4/c20-19(21,22)18(28)24-8-7-12-10-25(14-4-2-1-3-13(12)14)15-6-5-11(17(23)27)9-16(15)26(29)30/h1-6,9,12H,7-8,10H2,(H2,23,27)(H,24,28). The van der Waals surface area contributed by atoms with Gasteiger partial charge in [0.05, 0.1) is 4.92 Å². The molecule has 1 aliphatic rings. The van der Waals surface area contributed by atoms with Crippen LogP contribution in [0.4, 0.5) is 30.2 Å². The number of nitro benzene ring substituents is 1. The number of hydrogen-bond donors (Lipinski definition) is 2. The Kier molecular flexibility index (Phi) is 5.63. The summed E-state index contributed by atoms with van der Waals surface area (Å²) in [5.41, 5.74) is 6.58. The van der Waals surface area contributed by atoms with Crippen molar-refractivity contribution in [3.05, 3.63) is 63.7 Å². The number of benzene rings is 2. The number of rotatable bonds is 6. The summed E-state index contributed by atoms with van der Waals surface area (Å²) in [6, 6.07) is 10.9. The van der Waals surface area contributed by atoms with Gasteiger partial charge in [0.15, 0.2) is 0 Å². The average Bonchev–Trinajstić information content (AvgIpc) is 3.05. The summed E-state index contributed by atoms with van der Waals surface area (Å²) in [6.45, 7) is 0.0614. The zero-order chi connectivity index (χ0) is 22.1. The molecule has 0 bridgehead atoms. The summed E-state index contributed by atoms with van der Waals surface area (Å²) in [4.78, 5) is 35.0. The molecule has 0 aromatic heterocycles. The minimum absolute atomic E-state index is 0.00987. The van der Waals surface area contributed by atoms with E-state index >= 15 is 0 Å². The maximum absolute atomic E-state index is 12.4. The van der Waals surface area contributed by atoms with Gasteiger partial charge in [-0.05, 0) is 30.2 Å². The van der Waals surface area contributed by atoms with E-state index in [2.05, 4.69) is 0 Å². The zero-order valence-electron chi connectivity index (χ0n) is 15.5. The Labute approximate surface area is 168 Å². The van der Waals surface area contributed by atoms with Gasteiger partial charge in [0.2, 0.25) is 5.91 Å². The Balaban J connectivity index is 1.87. The molecular weight excluding hydrogens is 405 g/mol. The van der Waals surface area contributed by atoms with E-state index < -0.39 is 22.9 Å². The van der Waals surface area contributed by atoms with E-state index in [0.717, 1.165) is 11.6 Å². The van der Waals surface area contributed by atoms with Crippen molar-refractivity contribution in [3.63, 3.8) is 0 Å². The molecule has 2 aromatic carbocycles. The number of fused-ring (bicyclic) bond motifs is 1. The molecular formula is C19H17F3N4O4. The van der Waals surface area contributed by atoms with Gasteiger partial charge in [-0.25, -0.2) is 0 Å². The topological polar surface area (TPSA) is 119 Å². The first-order valence-corrected chi connectivity index (χ1v) is 8.89. The van der Waals surface area contributed by atoms with Crippen molar-refractivity contribution in [1.82, 2.24) is 5.32 Å². The number of nitrogens with zero attached hydrogens (tertiary/aromatic N) is 2. The van der Waals surface area contributed by atoms with Crippen LogP contribution in [-0.2, 0) is 4.79 Å². The molecule has 0 saturated carbocycles. The van der Waals surface area contributed by atoms with Crippen molar-refractivity contribution in [1.29, 1.82) is 0 Å². The summed E-state index contributed by atoms with van der Waals surface area (Å²) >= 11 is 0. The van der Waals surface area contributed by atoms with E-state index in [1.807, 2.05) is 5.32 Å². The number of amides is 2. The van der Waals surface area contributed by atoms with E-state index in [9.17, 15) is 32.9 Å². The number of halogens is 3. The summed E-state index contributed by atoms with van der Waals surface area (Å²) in [5.74, 6) is -3.07. The van der Waals surface area contributed by atoms with Crippen LogP contribution >= 0.6 is 0 Å². The molecule has 3 N–H and O–H groups in total. The average molecular weight is 422 g/mol. The van der Waals surface area contributed by atoms with E-state index in [0.29, 0.717) is 5.69 Å². The van der Waals surface area contributed by atoms with Gasteiger partial charge in [0, 0.05) is 36.3 Å². The monoisotopic (exact) mass is 422 g/mol. The quantitative estimate of drug-likeness (QED) is 0.548. The third kappa shape index (κ3) is 4.19. The highest BCUT2D eigenvalue weighted by molar-refractivity contribution is 5.95. The van der Waals surface area contributed by atoms with Crippen LogP contribution < -0.4 is 16.0 Å². The van der Waals surface area contributed by atoms with Crippen LogP contribution in [0.5, 0.6) is 0 Å². The second-order valence-corrected chi connectivity index (χ2v) is 6.73. The van der Waals surface area contributed by atoms with Crippen LogP contribution in [0.25, 0.3) is 0 Å². The summed E-state index contributed by atoms with van der Waals surface area (Å²) in [6.07, 6.45) is -4.75. The molecule has 1 aliphatic heterocycles. The Morgan fingerprint density at radius 3 is 2.53 bits per heavy atom. The molecule has 1 heterocycles. The molecule has 0 aliphatic carbocycles. The fourth-order valence-electron chi connectivity index (χ4n) is 3.48. The highest BCUT2D eigenvalue weighted by Gasteiger charge is 2.39. The molecule has 0 fully saturated rings. The summed E-state index contributed by atoms with van der Waals surface area (Å²) in [5, 5.41) is 13.4. The van der Waals surface area contributed by atoms with Crippen LogP contribution in [0.3, 0.4) is 0 Å². The second-order valence-electron chi connectivity index (χ2n) is 6.73. The largest absolute Gasteiger partial charge is 0.471 e. The SMILES string of the molecule is NC(=O)c1ccc(N2CC(CCNC(=O)C(F)(F)F)c3ccccc32)c([N+](=O)[O-])c1. The van der Waals surface area contributed by atoms with E-state index in [1.54, 1.807) is 29.2 Å². The number of hydrogen-bond acceptors (Lipinski definition) is 5. The first-order chi connectivity index (χ1) is 14.1. The number of para-hydroxylation sites is 1. The number of alkyl halides is 3. The maximum atomic E-state index is 12.4. The van der Waals surface area contributed by atoms with Crippen molar-refractivity contribution < 1.29 is 27.7 Å². The predicted octanol–water partition coefficient (Wildman–Crippen LogP) is 3.00. The predicted molar refractivity (Wildman–Crippen MR) is 101 cm³/mol. The number of nitrogens with two attached hydrogens (primary N) is 1. The molecule has 1 atom stereocenters. The molecule has 11 heteroatoms. The van der Waals surface area contributed by atoms with E-state index in [-0.39, 0.29) is 42.4 Å². The minimum atomic E-state index is -4.96. The van der Waals surface area contributed by atoms with Crippen molar-refractivity contribution >= 4 is 28.9 Å². The number of nitro groups is 1. The van der Waals surface area contributed by atoms with Gasteiger partial charge in [-0.15, -0.1) is 0 Å². The third-order valence-electron chi connectivity index (χ3n) is 4.85. The number of nitrogens with one attached hydrogen (secondary N) is 1. The van der Waals surface area contributed by atoms with Crippen molar-refractivity contribution in [2.75, 3.05) is 18.0 Å². The van der Waals surface area contributed by atoms with Gasteiger partial charge in [-0.2, -0.15) is 13.2 Å². The van der Waals surface area contributed by atoms with Crippen molar-refractivity contribution in [2.24, 2.45) is 5.73 Å². The maximum Gasteiger partial charge on any atom is 0.471 e. The van der Waals surface area contributed by atoms with Gasteiger partial charge in [0.1, 0.15) is 5.69 Å². The zero-order valence-corrected chi connectivity index (χ0v) is 15.5. The number of carbonyl (C=O) groups excluding carboxylic acids is 2. The lowest BCUT2D eigenvalue weighted by Gasteiger charge is -2.20. The number of carbonyl (C=O) groups is 2. The molecule has 0 saturated heterocycles. The smallest absolute Gasteiger partial charge is 0.366 e. The van der Waals surface area contributed by atoms with E-state index in [1.165, 1.54) is 12.1 Å². The fraction of sp³-hybridized carbons (Fsp3) is 0.263. The fourth-order valence-corrected chi connectivity index (χ4v) is 3.48. The molecule has 1 unspecified atom stereocenters. The molecule has 3 rings (SSSR count). The van der Waals surface area contributed by atoms with Gasteiger partial charge < -0.3 is 16.0 Å². The molecule has 0 spiro atoms.